The molecule has 2 aromatic rings. The summed E-state index contributed by atoms with van der Waals surface area (Å²) in [5.74, 6) is -0.0391. The van der Waals surface area contributed by atoms with Crippen molar-refractivity contribution in [3.05, 3.63) is 33.9 Å². The van der Waals surface area contributed by atoms with Crippen LogP contribution in [0.3, 0.4) is 0 Å². The maximum absolute atomic E-state index is 12.4. The van der Waals surface area contributed by atoms with Gasteiger partial charge in [0.15, 0.2) is 5.65 Å². The van der Waals surface area contributed by atoms with E-state index < -0.39 is 5.54 Å². The monoisotopic (exact) mass is 305 g/mol. The molecule has 2 heterocycles. The van der Waals surface area contributed by atoms with Crippen molar-refractivity contribution in [2.24, 2.45) is 11.7 Å². The highest BCUT2D eigenvalue weighted by molar-refractivity contribution is 5.79. The van der Waals surface area contributed by atoms with Gasteiger partial charge in [0.25, 0.3) is 5.56 Å². The topological polar surface area (TPSA) is 105 Å². The molecule has 2 aromatic heterocycles. The Kier molecular flexibility index (Phi) is 4.37. The summed E-state index contributed by atoms with van der Waals surface area (Å²) in [7, 11) is 0. The molecule has 120 valence electrons. The van der Waals surface area contributed by atoms with Crippen LogP contribution in [0.2, 0.25) is 0 Å². The standard InChI is InChI=1S/C15H23N5O2/c1-9(2)15(4,8-16)19-13(21)7-11-10(3)18-12-5-6-17-20(12)14(11)22/h5-6,9,17H,7-8,16H2,1-4H3,(H,19,21). The van der Waals surface area contributed by atoms with Crippen molar-refractivity contribution in [2.45, 2.75) is 39.7 Å². The van der Waals surface area contributed by atoms with E-state index in [4.69, 9.17) is 5.73 Å². The number of hydrogen-bond acceptors (Lipinski definition) is 4. The van der Waals surface area contributed by atoms with Gasteiger partial charge < -0.3 is 11.1 Å². The first kappa shape index (κ1) is 16.2. The van der Waals surface area contributed by atoms with E-state index in [-0.39, 0.29) is 23.8 Å². The molecule has 0 saturated heterocycles. The SMILES string of the molecule is Cc1nc2cc[nH]n2c(=O)c1CC(=O)NC(C)(CN)C(C)C. The van der Waals surface area contributed by atoms with Gasteiger partial charge in [-0.15, -0.1) is 0 Å². The summed E-state index contributed by atoms with van der Waals surface area (Å²) in [6, 6.07) is 1.71. The molecular formula is C15H23N5O2. The van der Waals surface area contributed by atoms with Crippen molar-refractivity contribution in [3.63, 3.8) is 0 Å². The fraction of sp³-hybridized carbons (Fsp3) is 0.533. The molecule has 1 amide bonds. The molecule has 0 saturated carbocycles. The number of fused-ring (bicyclic) bond motifs is 1. The maximum Gasteiger partial charge on any atom is 0.276 e. The van der Waals surface area contributed by atoms with Crippen LogP contribution in [0.1, 0.15) is 32.0 Å². The Morgan fingerprint density at radius 3 is 2.82 bits per heavy atom. The summed E-state index contributed by atoms with van der Waals surface area (Å²) in [5, 5.41) is 5.73. The number of amides is 1. The van der Waals surface area contributed by atoms with Crippen molar-refractivity contribution in [2.75, 3.05) is 6.54 Å². The van der Waals surface area contributed by atoms with E-state index in [1.54, 1.807) is 19.2 Å². The third-order valence-electron chi connectivity index (χ3n) is 4.31. The highest BCUT2D eigenvalue weighted by Crippen LogP contribution is 2.15. The van der Waals surface area contributed by atoms with Crippen LogP contribution in [-0.2, 0) is 11.2 Å². The second kappa shape index (κ2) is 5.92. The fourth-order valence-corrected chi connectivity index (χ4v) is 2.26. The third kappa shape index (κ3) is 2.89. The summed E-state index contributed by atoms with van der Waals surface area (Å²) < 4.78 is 1.33. The summed E-state index contributed by atoms with van der Waals surface area (Å²) in [6.45, 7) is 7.98. The number of nitrogens with zero attached hydrogens (tertiary/aromatic N) is 2. The zero-order valence-corrected chi connectivity index (χ0v) is 13.4. The Balaban J connectivity index is 2.27. The van der Waals surface area contributed by atoms with E-state index in [0.29, 0.717) is 23.4 Å². The number of carbonyl (C=O) groups excluding carboxylic acids is 1. The second-order valence-electron chi connectivity index (χ2n) is 6.14. The van der Waals surface area contributed by atoms with Gasteiger partial charge in [-0.2, -0.15) is 0 Å². The van der Waals surface area contributed by atoms with Gasteiger partial charge in [0.1, 0.15) is 0 Å². The van der Waals surface area contributed by atoms with Gasteiger partial charge >= 0.3 is 0 Å². The molecule has 0 bridgehead atoms. The number of aromatic amines is 1. The largest absolute Gasteiger partial charge is 0.349 e. The molecule has 0 aromatic carbocycles. The van der Waals surface area contributed by atoms with Crippen LogP contribution < -0.4 is 16.6 Å². The van der Waals surface area contributed by atoms with E-state index >= 15 is 0 Å². The van der Waals surface area contributed by atoms with E-state index in [1.165, 1.54) is 4.52 Å². The normalized spacial score (nSPS) is 14.3. The number of rotatable bonds is 5. The minimum atomic E-state index is -0.495. The number of nitrogens with two attached hydrogens (primary N) is 1. The maximum atomic E-state index is 12.4. The Bertz CT molecular complexity index is 746. The number of aryl methyl sites for hydroxylation is 1. The average molecular weight is 305 g/mol. The molecule has 0 fully saturated rings. The molecule has 0 spiro atoms. The number of H-pyrrole nitrogens is 1. The van der Waals surface area contributed by atoms with Crippen LogP contribution in [0.15, 0.2) is 17.1 Å². The minimum Gasteiger partial charge on any atom is -0.349 e. The highest BCUT2D eigenvalue weighted by atomic mass is 16.2. The first-order chi connectivity index (χ1) is 10.3. The van der Waals surface area contributed by atoms with Crippen molar-refractivity contribution in [1.29, 1.82) is 0 Å². The number of aromatic nitrogens is 3. The third-order valence-corrected chi connectivity index (χ3v) is 4.31. The van der Waals surface area contributed by atoms with Crippen molar-refractivity contribution in [3.8, 4) is 0 Å². The Hall–Kier alpha value is -2.15. The highest BCUT2D eigenvalue weighted by Gasteiger charge is 2.29. The van der Waals surface area contributed by atoms with E-state index in [2.05, 4.69) is 15.4 Å². The van der Waals surface area contributed by atoms with Gasteiger partial charge in [-0.05, 0) is 19.8 Å². The lowest BCUT2D eigenvalue weighted by Gasteiger charge is -2.33. The first-order valence-electron chi connectivity index (χ1n) is 7.35. The molecule has 0 radical (unpaired) electrons. The first-order valence-corrected chi connectivity index (χ1v) is 7.35. The summed E-state index contributed by atoms with van der Waals surface area (Å²) in [6.07, 6.45) is 1.62. The second-order valence-corrected chi connectivity index (χ2v) is 6.14. The molecule has 4 N–H and O–H groups in total. The van der Waals surface area contributed by atoms with Crippen molar-refractivity contribution in [1.82, 2.24) is 19.9 Å². The number of hydrogen-bond donors (Lipinski definition) is 3. The molecule has 22 heavy (non-hydrogen) atoms. The van der Waals surface area contributed by atoms with E-state index in [9.17, 15) is 9.59 Å². The van der Waals surface area contributed by atoms with Crippen molar-refractivity contribution >= 4 is 11.6 Å². The lowest BCUT2D eigenvalue weighted by atomic mass is 9.88. The quantitative estimate of drug-likeness (QED) is 0.741. The van der Waals surface area contributed by atoms with Gasteiger partial charge in [0.05, 0.1) is 12.0 Å². The molecule has 0 aliphatic heterocycles. The van der Waals surface area contributed by atoms with E-state index in [1.807, 2.05) is 20.8 Å². The molecule has 7 heteroatoms. The number of carbonyl (C=O) groups is 1. The van der Waals surface area contributed by atoms with Gasteiger partial charge in [-0.25, -0.2) is 9.50 Å². The van der Waals surface area contributed by atoms with Gasteiger partial charge in [0.2, 0.25) is 5.91 Å². The van der Waals surface area contributed by atoms with Crippen molar-refractivity contribution < 1.29 is 4.79 Å². The van der Waals surface area contributed by atoms with Crippen LogP contribution >= 0.6 is 0 Å². The lowest BCUT2D eigenvalue weighted by molar-refractivity contribution is -0.122. The Morgan fingerprint density at radius 1 is 1.55 bits per heavy atom. The van der Waals surface area contributed by atoms with Crippen LogP contribution in [0.4, 0.5) is 0 Å². The predicted octanol–water partition coefficient (Wildman–Crippen LogP) is 0.363. The molecular weight excluding hydrogens is 282 g/mol. The summed E-state index contributed by atoms with van der Waals surface area (Å²) >= 11 is 0. The minimum absolute atomic E-state index is 0.0120. The van der Waals surface area contributed by atoms with Crippen LogP contribution in [0.25, 0.3) is 5.65 Å². The summed E-state index contributed by atoms with van der Waals surface area (Å²) in [4.78, 5) is 29.0. The van der Waals surface area contributed by atoms with Crippen LogP contribution in [-0.4, -0.2) is 32.6 Å². The zero-order valence-electron chi connectivity index (χ0n) is 13.4. The average Bonchev–Trinajstić information content (AvgIpc) is 2.91. The molecule has 1 atom stereocenters. The zero-order chi connectivity index (χ0) is 16.5. The van der Waals surface area contributed by atoms with Crippen LogP contribution in [0, 0.1) is 12.8 Å². The molecule has 0 aliphatic carbocycles. The predicted molar refractivity (Wildman–Crippen MR) is 84.7 cm³/mol. The van der Waals surface area contributed by atoms with Crippen LogP contribution in [0.5, 0.6) is 0 Å². The molecule has 2 rings (SSSR count). The summed E-state index contributed by atoms with van der Waals surface area (Å²) in [5.41, 5.74) is 6.53. The van der Waals surface area contributed by atoms with Gasteiger partial charge in [-0.3, -0.25) is 14.7 Å². The van der Waals surface area contributed by atoms with Gasteiger partial charge in [0, 0.05) is 30.1 Å². The molecule has 1 unspecified atom stereocenters. The molecule has 7 nitrogen and oxygen atoms in total. The Morgan fingerprint density at radius 2 is 2.23 bits per heavy atom. The van der Waals surface area contributed by atoms with Gasteiger partial charge in [-0.1, -0.05) is 13.8 Å². The lowest BCUT2D eigenvalue weighted by Crippen LogP contribution is -2.55. The molecule has 0 aliphatic rings. The smallest absolute Gasteiger partial charge is 0.276 e. The number of nitrogens with one attached hydrogen (secondary N) is 2. The Labute approximate surface area is 128 Å². The fourth-order valence-electron chi connectivity index (χ4n) is 2.26. The van der Waals surface area contributed by atoms with E-state index in [0.717, 1.165) is 0 Å².